The summed E-state index contributed by atoms with van der Waals surface area (Å²) in [7, 11) is 1.75. The van der Waals surface area contributed by atoms with Gasteiger partial charge in [-0.15, -0.1) is 0 Å². The molecule has 1 aromatic heterocycles. The number of hydrogen-bond acceptors (Lipinski definition) is 4. The Morgan fingerprint density at radius 3 is 3.05 bits per heavy atom. The molecule has 0 aliphatic carbocycles. The molecule has 1 atom stereocenters. The molecule has 0 spiro atoms. The molecule has 5 nitrogen and oxygen atoms in total. The van der Waals surface area contributed by atoms with Gasteiger partial charge >= 0.3 is 0 Å². The van der Waals surface area contributed by atoms with Gasteiger partial charge in [0.15, 0.2) is 0 Å². The smallest absolute Gasteiger partial charge is 0.251 e. The average molecular weight is 297 g/mol. The van der Waals surface area contributed by atoms with Crippen molar-refractivity contribution in [2.75, 3.05) is 32.0 Å². The molecule has 0 aromatic carbocycles. The van der Waals surface area contributed by atoms with Crippen LogP contribution in [0.25, 0.3) is 0 Å². The molecule has 20 heavy (non-hydrogen) atoms. The number of halogens is 1. The molecule has 1 saturated heterocycles. The summed E-state index contributed by atoms with van der Waals surface area (Å²) < 4.78 is 0. The molecular weight excluding hydrogens is 276 g/mol. The summed E-state index contributed by atoms with van der Waals surface area (Å²) >= 11 is 5.92. The van der Waals surface area contributed by atoms with Crippen molar-refractivity contribution in [3.8, 4) is 0 Å². The topological polar surface area (TPSA) is 57.3 Å². The minimum atomic E-state index is -0.0891. The van der Waals surface area contributed by atoms with E-state index in [-0.39, 0.29) is 11.9 Å². The lowest BCUT2D eigenvalue weighted by Crippen LogP contribution is -2.47. The van der Waals surface area contributed by atoms with Crippen molar-refractivity contribution >= 4 is 23.3 Å². The van der Waals surface area contributed by atoms with E-state index < -0.39 is 0 Å². The first-order valence-corrected chi connectivity index (χ1v) is 7.38. The summed E-state index contributed by atoms with van der Waals surface area (Å²) in [5.74, 6) is 0.509. The maximum atomic E-state index is 12.3. The molecular formula is C14H21ClN4O. The fourth-order valence-electron chi connectivity index (χ4n) is 2.49. The van der Waals surface area contributed by atoms with Crippen LogP contribution in [0.3, 0.4) is 0 Å². The van der Waals surface area contributed by atoms with Gasteiger partial charge in [0.2, 0.25) is 0 Å². The molecule has 110 valence electrons. The number of rotatable bonds is 4. The Bertz CT molecular complexity index is 480. The number of pyridine rings is 1. The predicted molar refractivity (Wildman–Crippen MR) is 81.4 cm³/mol. The summed E-state index contributed by atoms with van der Waals surface area (Å²) in [6, 6.07) is 3.51. The van der Waals surface area contributed by atoms with Gasteiger partial charge in [0, 0.05) is 25.2 Å². The van der Waals surface area contributed by atoms with Crippen LogP contribution in [-0.2, 0) is 0 Å². The molecule has 1 aromatic rings. The van der Waals surface area contributed by atoms with E-state index >= 15 is 0 Å². The SMILES string of the molecule is CCN1CCCC(NC(=O)c2cc(Cl)nc(NC)c2)C1. The maximum Gasteiger partial charge on any atom is 0.251 e. The van der Waals surface area contributed by atoms with Crippen LogP contribution in [0.4, 0.5) is 5.82 Å². The first kappa shape index (κ1) is 15.1. The van der Waals surface area contributed by atoms with Crippen molar-refractivity contribution in [2.24, 2.45) is 0 Å². The Morgan fingerprint density at radius 2 is 2.35 bits per heavy atom. The summed E-state index contributed by atoms with van der Waals surface area (Å²) in [6.45, 7) is 5.21. The predicted octanol–water partition coefficient (Wildman–Crippen LogP) is 1.99. The van der Waals surface area contributed by atoms with Crippen LogP contribution in [0.15, 0.2) is 12.1 Å². The highest BCUT2D eigenvalue weighted by Gasteiger charge is 2.21. The van der Waals surface area contributed by atoms with Crippen molar-refractivity contribution in [2.45, 2.75) is 25.8 Å². The van der Waals surface area contributed by atoms with Crippen LogP contribution >= 0.6 is 11.6 Å². The van der Waals surface area contributed by atoms with Gasteiger partial charge in [-0.3, -0.25) is 4.79 Å². The van der Waals surface area contributed by atoms with Gasteiger partial charge in [0.05, 0.1) is 0 Å². The zero-order valence-electron chi connectivity index (χ0n) is 11.9. The number of aromatic nitrogens is 1. The minimum Gasteiger partial charge on any atom is -0.373 e. The van der Waals surface area contributed by atoms with Gasteiger partial charge in [0.25, 0.3) is 5.91 Å². The lowest BCUT2D eigenvalue weighted by Gasteiger charge is -2.32. The zero-order valence-corrected chi connectivity index (χ0v) is 12.7. The number of carbonyl (C=O) groups excluding carboxylic acids is 1. The number of piperidine rings is 1. The van der Waals surface area contributed by atoms with Crippen molar-refractivity contribution < 1.29 is 4.79 Å². The number of nitrogens with zero attached hydrogens (tertiary/aromatic N) is 2. The monoisotopic (exact) mass is 296 g/mol. The first-order valence-electron chi connectivity index (χ1n) is 7.01. The summed E-state index contributed by atoms with van der Waals surface area (Å²) in [5.41, 5.74) is 0.544. The van der Waals surface area contributed by atoms with E-state index in [2.05, 4.69) is 27.4 Å². The van der Waals surface area contributed by atoms with E-state index in [9.17, 15) is 4.79 Å². The van der Waals surface area contributed by atoms with Crippen LogP contribution in [0.2, 0.25) is 5.15 Å². The first-order chi connectivity index (χ1) is 9.62. The fraction of sp³-hybridized carbons (Fsp3) is 0.571. The number of hydrogen-bond donors (Lipinski definition) is 2. The summed E-state index contributed by atoms with van der Waals surface area (Å²) in [6.07, 6.45) is 2.15. The number of carbonyl (C=O) groups is 1. The Hall–Kier alpha value is -1.33. The number of likely N-dealkylation sites (N-methyl/N-ethyl adjacent to an activating group) is 1. The molecule has 0 saturated carbocycles. The molecule has 1 fully saturated rings. The second kappa shape index (κ2) is 6.90. The standard InChI is InChI=1S/C14H21ClN4O/c1-3-19-6-4-5-11(9-19)17-14(20)10-7-12(15)18-13(8-10)16-2/h7-8,11H,3-6,9H2,1-2H3,(H,16,18)(H,17,20). The van der Waals surface area contributed by atoms with E-state index in [4.69, 9.17) is 11.6 Å². The third-order valence-electron chi connectivity index (χ3n) is 3.60. The number of anilines is 1. The third kappa shape index (κ3) is 3.84. The number of nitrogens with one attached hydrogen (secondary N) is 2. The minimum absolute atomic E-state index is 0.0891. The maximum absolute atomic E-state index is 12.3. The second-order valence-corrected chi connectivity index (χ2v) is 5.41. The lowest BCUT2D eigenvalue weighted by atomic mass is 10.1. The quantitative estimate of drug-likeness (QED) is 0.834. The normalized spacial score (nSPS) is 19.6. The van der Waals surface area contributed by atoms with Crippen LogP contribution in [0.1, 0.15) is 30.1 Å². The molecule has 1 aliphatic rings. The van der Waals surface area contributed by atoms with Gasteiger partial charge < -0.3 is 15.5 Å². The summed E-state index contributed by atoms with van der Waals surface area (Å²) in [4.78, 5) is 18.7. The van der Waals surface area contributed by atoms with Crippen molar-refractivity contribution in [1.29, 1.82) is 0 Å². The molecule has 0 bridgehead atoms. The van der Waals surface area contributed by atoms with Crippen molar-refractivity contribution in [1.82, 2.24) is 15.2 Å². The zero-order chi connectivity index (χ0) is 14.5. The van der Waals surface area contributed by atoms with Gasteiger partial charge in [-0.05, 0) is 38.1 Å². The lowest BCUT2D eigenvalue weighted by molar-refractivity contribution is 0.0906. The van der Waals surface area contributed by atoms with Crippen LogP contribution < -0.4 is 10.6 Å². The molecule has 6 heteroatoms. The van der Waals surface area contributed by atoms with E-state index in [0.717, 1.165) is 32.5 Å². The Kier molecular flexibility index (Phi) is 5.20. The molecule has 2 rings (SSSR count). The Morgan fingerprint density at radius 1 is 1.55 bits per heavy atom. The largest absolute Gasteiger partial charge is 0.373 e. The van der Waals surface area contributed by atoms with Gasteiger partial charge in [0.1, 0.15) is 11.0 Å². The van der Waals surface area contributed by atoms with Gasteiger partial charge in [-0.25, -0.2) is 4.98 Å². The molecule has 0 radical (unpaired) electrons. The fourth-order valence-corrected chi connectivity index (χ4v) is 2.69. The molecule has 1 amide bonds. The Balaban J connectivity index is 2.02. The number of likely N-dealkylation sites (tertiary alicyclic amines) is 1. The highest BCUT2D eigenvalue weighted by atomic mass is 35.5. The van der Waals surface area contributed by atoms with E-state index in [1.807, 2.05) is 0 Å². The molecule has 2 N–H and O–H groups in total. The van der Waals surface area contributed by atoms with Gasteiger partial charge in [-0.1, -0.05) is 18.5 Å². The molecule has 1 unspecified atom stereocenters. The number of amides is 1. The third-order valence-corrected chi connectivity index (χ3v) is 3.79. The van der Waals surface area contributed by atoms with Gasteiger partial charge in [-0.2, -0.15) is 0 Å². The molecule has 2 heterocycles. The van der Waals surface area contributed by atoms with E-state index in [1.165, 1.54) is 0 Å². The van der Waals surface area contributed by atoms with Crippen LogP contribution in [0.5, 0.6) is 0 Å². The average Bonchev–Trinajstić information content (AvgIpc) is 2.46. The summed E-state index contributed by atoms with van der Waals surface area (Å²) in [5, 5.41) is 6.30. The van der Waals surface area contributed by atoms with E-state index in [1.54, 1.807) is 19.2 Å². The van der Waals surface area contributed by atoms with Crippen LogP contribution in [0, 0.1) is 0 Å². The van der Waals surface area contributed by atoms with E-state index in [0.29, 0.717) is 16.5 Å². The van der Waals surface area contributed by atoms with Crippen molar-refractivity contribution in [3.63, 3.8) is 0 Å². The van der Waals surface area contributed by atoms with Crippen LogP contribution in [-0.4, -0.2) is 48.5 Å². The highest BCUT2D eigenvalue weighted by molar-refractivity contribution is 6.29. The van der Waals surface area contributed by atoms with Crippen molar-refractivity contribution in [3.05, 3.63) is 22.8 Å². The Labute approximate surface area is 124 Å². The second-order valence-electron chi connectivity index (χ2n) is 5.02. The highest BCUT2D eigenvalue weighted by Crippen LogP contribution is 2.15. The molecule has 1 aliphatic heterocycles.